The minimum Gasteiger partial charge on any atom is -0.446 e. The Morgan fingerprint density at radius 1 is 1.59 bits per heavy atom. The van der Waals surface area contributed by atoms with E-state index in [1.807, 2.05) is 25.3 Å². The van der Waals surface area contributed by atoms with E-state index < -0.39 is 6.09 Å². The molecule has 1 amide bonds. The molecule has 0 aliphatic rings. The average molecular weight is 344 g/mol. The Balaban J connectivity index is 2.24. The van der Waals surface area contributed by atoms with E-state index in [4.69, 9.17) is 10.5 Å². The summed E-state index contributed by atoms with van der Waals surface area (Å²) in [5, 5.41) is 1.16. The van der Waals surface area contributed by atoms with Crippen molar-refractivity contribution in [1.29, 1.82) is 0 Å². The van der Waals surface area contributed by atoms with Gasteiger partial charge in [-0.25, -0.2) is 4.79 Å². The Hall–Kier alpha value is -1.24. The predicted octanol–water partition coefficient (Wildman–Crippen LogP) is 2.80. The smallest absolute Gasteiger partial charge is 0.404 e. The first-order valence-corrected chi connectivity index (χ1v) is 6.35. The van der Waals surface area contributed by atoms with Gasteiger partial charge in [0.25, 0.3) is 0 Å². The van der Waals surface area contributed by atoms with Crippen LogP contribution in [0.25, 0.3) is 10.9 Å². The average Bonchev–Trinajstić information content (AvgIpc) is 2.60. The summed E-state index contributed by atoms with van der Waals surface area (Å²) in [6.45, 7) is 1.83. The number of amides is 1. The molecule has 2 rings (SSSR count). The minimum absolute atomic E-state index is 0.218. The lowest BCUT2D eigenvalue weighted by atomic mass is 10.1. The summed E-state index contributed by atoms with van der Waals surface area (Å²) in [5.74, 6) is 0. The van der Waals surface area contributed by atoms with Crippen LogP contribution >= 0.6 is 22.6 Å². The molecule has 0 aliphatic carbocycles. The van der Waals surface area contributed by atoms with Gasteiger partial charge in [-0.3, -0.25) is 0 Å². The van der Waals surface area contributed by atoms with Gasteiger partial charge in [-0.2, -0.15) is 0 Å². The molecule has 0 aliphatic heterocycles. The second kappa shape index (κ2) is 4.95. The van der Waals surface area contributed by atoms with Crippen LogP contribution in [0, 0.1) is 3.57 Å². The molecule has 1 heterocycles. The lowest BCUT2D eigenvalue weighted by Gasteiger charge is -2.10. The van der Waals surface area contributed by atoms with Crippen LogP contribution in [0.2, 0.25) is 0 Å². The van der Waals surface area contributed by atoms with Crippen molar-refractivity contribution in [3.63, 3.8) is 0 Å². The van der Waals surface area contributed by atoms with Crippen molar-refractivity contribution in [2.75, 3.05) is 0 Å². The zero-order valence-electron chi connectivity index (χ0n) is 9.37. The number of aromatic amines is 1. The normalized spacial score (nSPS) is 12.6. The molecule has 90 valence electrons. The maximum Gasteiger partial charge on any atom is 0.404 e. The highest BCUT2D eigenvalue weighted by atomic mass is 127. The van der Waals surface area contributed by atoms with E-state index in [1.54, 1.807) is 0 Å². The number of fused-ring (bicyclic) bond motifs is 1. The van der Waals surface area contributed by atoms with Crippen LogP contribution in [0.15, 0.2) is 24.4 Å². The second-order valence-electron chi connectivity index (χ2n) is 3.96. The molecule has 0 bridgehead atoms. The molecule has 3 N–H and O–H groups in total. The number of hydrogen-bond donors (Lipinski definition) is 2. The molecular formula is C12H13IN2O2. The molecule has 2 aromatic rings. The first kappa shape index (κ1) is 12.2. The quantitative estimate of drug-likeness (QED) is 0.841. The topological polar surface area (TPSA) is 68.1 Å². The van der Waals surface area contributed by atoms with E-state index in [0.29, 0.717) is 6.42 Å². The minimum atomic E-state index is -0.730. The number of hydrogen-bond acceptors (Lipinski definition) is 2. The number of H-pyrrole nitrogens is 1. The van der Waals surface area contributed by atoms with Gasteiger partial charge >= 0.3 is 6.09 Å². The lowest BCUT2D eigenvalue weighted by Crippen LogP contribution is -2.21. The van der Waals surface area contributed by atoms with E-state index in [2.05, 4.69) is 33.6 Å². The number of benzene rings is 1. The van der Waals surface area contributed by atoms with Crippen LogP contribution in [-0.4, -0.2) is 17.2 Å². The summed E-state index contributed by atoms with van der Waals surface area (Å²) in [7, 11) is 0. The summed E-state index contributed by atoms with van der Waals surface area (Å²) in [6, 6.07) is 6.20. The number of halogens is 1. The molecule has 4 nitrogen and oxygen atoms in total. The van der Waals surface area contributed by atoms with E-state index in [9.17, 15) is 4.79 Å². The number of nitrogens with one attached hydrogen (secondary N) is 1. The van der Waals surface area contributed by atoms with E-state index in [-0.39, 0.29) is 6.10 Å². The second-order valence-corrected chi connectivity index (χ2v) is 5.20. The number of primary amides is 1. The highest BCUT2D eigenvalue weighted by molar-refractivity contribution is 14.1. The van der Waals surface area contributed by atoms with Gasteiger partial charge < -0.3 is 15.5 Å². The van der Waals surface area contributed by atoms with Gasteiger partial charge in [0.15, 0.2) is 0 Å². The summed E-state index contributed by atoms with van der Waals surface area (Å²) in [5.41, 5.74) is 7.21. The summed E-state index contributed by atoms with van der Waals surface area (Å²) in [4.78, 5) is 13.8. The summed E-state index contributed by atoms with van der Waals surface area (Å²) in [6.07, 6.45) is 1.65. The van der Waals surface area contributed by atoms with Gasteiger partial charge in [0, 0.05) is 27.1 Å². The van der Waals surface area contributed by atoms with Crippen molar-refractivity contribution >= 4 is 39.6 Å². The van der Waals surface area contributed by atoms with Crippen molar-refractivity contribution in [3.05, 3.63) is 33.5 Å². The zero-order valence-corrected chi connectivity index (χ0v) is 11.5. The molecule has 1 aromatic carbocycles. The monoisotopic (exact) mass is 344 g/mol. The Bertz CT molecular complexity index is 550. The first-order chi connectivity index (χ1) is 8.06. The molecule has 0 spiro atoms. The van der Waals surface area contributed by atoms with Gasteiger partial charge in [-0.1, -0.05) is 0 Å². The number of carbonyl (C=O) groups excluding carboxylic acids is 1. The third kappa shape index (κ3) is 2.91. The Morgan fingerprint density at radius 3 is 3.06 bits per heavy atom. The maximum absolute atomic E-state index is 10.6. The fraction of sp³-hybridized carbons (Fsp3) is 0.250. The van der Waals surface area contributed by atoms with Gasteiger partial charge in [0.2, 0.25) is 0 Å². The molecule has 1 unspecified atom stereocenters. The van der Waals surface area contributed by atoms with Crippen LogP contribution in [0.5, 0.6) is 0 Å². The van der Waals surface area contributed by atoms with Gasteiger partial charge in [-0.05, 0) is 53.3 Å². The molecule has 5 heteroatoms. The number of carbonyl (C=O) groups is 1. The number of aromatic nitrogens is 1. The van der Waals surface area contributed by atoms with Crippen molar-refractivity contribution in [3.8, 4) is 0 Å². The predicted molar refractivity (Wildman–Crippen MR) is 74.9 cm³/mol. The highest BCUT2D eigenvalue weighted by Gasteiger charge is 2.11. The third-order valence-electron chi connectivity index (χ3n) is 2.55. The van der Waals surface area contributed by atoms with E-state index in [1.165, 1.54) is 3.57 Å². The standard InChI is InChI=1S/C12H13IN2O2/c1-7(17-12(14)16)4-8-6-15-11-3-2-9(13)5-10(8)11/h2-3,5-7,15H,4H2,1H3,(H2,14,16). The fourth-order valence-corrected chi connectivity index (χ4v) is 2.36. The Labute approximate surface area is 113 Å². The molecular weight excluding hydrogens is 331 g/mol. The zero-order chi connectivity index (χ0) is 12.4. The molecule has 17 heavy (non-hydrogen) atoms. The van der Waals surface area contributed by atoms with Crippen molar-refractivity contribution in [2.45, 2.75) is 19.4 Å². The molecule has 0 saturated carbocycles. The van der Waals surface area contributed by atoms with Crippen LogP contribution in [-0.2, 0) is 11.2 Å². The third-order valence-corrected chi connectivity index (χ3v) is 3.23. The van der Waals surface area contributed by atoms with Gasteiger partial charge in [0.05, 0.1) is 0 Å². The Morgan fingerprint density at radius 2 is 2.35 bits per heavy atom. The number of ether oxygens (including phenoxy) is 1. The molecule has 0 fully saturated rings. The fourth-order valence-electron chi connectivity index (χ4n) is 1.87. The molecule has 0 radical (unpaired) electrons. The number of rotatable bonds is 3. The van der Waals surface area contributed by atoms with Crippen molar-refractivity contribution in [2.24, 2.45) is 5.73 Å². The van der Waals surface area contributed by atoms with Crippen molar-refractivity contribution < 1.29 is 9.53 Å². The van der Waals surface area contributed by atoms with Crippen molar-refractivity contribution in [1.82, 2.24) is 4.98 Å². The van der Waals surface area contributed by atoms with Gasteiger partial charge in [0.1, 0.15) is 6.10 Å². The van der Waals surface area contributed by atoms with E-state index >= 15 is 0 Å². The summed E-state index contributed by atoms with van der Waals surface area (Å²) < 4.78 is 6.11. The SMILES string of the molecule is CC(Cc1c[nH]c2ccc(I)cc12)OC(N)=O. The maximum atomic E-state index is 10.6. The summed E-state index contributed by atoms with van der Waals surface area (Å²) >= 11 is 2.28. The number of nitrogens with two attached hydrogens (primary N) is 1. The van der Waals surface area contributed by atoms with Crippen LogP contribution in [0.3, 0.4) is 0 Å². The first-order valence-electron chi connectivity index (χ1n) is 5.28. The van der Waals surface area contributed by atoms with Crippen LogP contribution in [0.1, 0.15) is 12.5 Å². The van der Waals surface area contributed by atoms with E-state index in [0.717, 1.165) is 16.5 Å². The lowest BCUT2D eigenvalue weighted by molar-refractivity contribution is 0.116. The largest absolute Gasteiger partial charge is 0.446 e. The molecule has 1 aromatic heterocycles. The molecule has 1 atom stereocenters. The highest BCUT2D eigenvalue weighted by Crippen LogP contribution is 2.22. The van der Waals surface area contributed by atoms with Gasteiger partial charge in [-0.15, -0.1) is 0 Å². The molecule has 0 saturated heterocycles. The van der Waals surface area contributed by atoms with Crippen LogP contribution < -0.4 is 5.73 Å². The Kier molecular flexibility index (Phi) is 3.56. The van der Waals surface area contributed by atoms with Crippen LogP contribution in [0.4, 0.5) is 4.79 Å².